The van der Waals surface area contributed by atoms with Gasteiger partial charge >= 0.3 is 7.12 Å². The molecule has 9 heavy (non-hydrogen) atoms. The van der Waals surface area contributed by atoms with Crippen LogP contribution in [0.5, 0.6) is 0 Å². The lowest BCUT2D eigenvalue weighted by Gasteiger charge is -1.87. The van der Waals surface area contributed by atoms with Crippen molar-refractivity contribution in [1.29, 1.82) is 0 Å². The molecule has 50 valence electrons. The molecular weight excluding hydrogens is 119 g/mol. The van der Waals surface area contributed by atoms with Crippen LogP contribution in [0.15, 0.2) is 12.3 Å². The van der Waals surface area contributed by atoms with E-state index in [2.05, 4.69) is 4.99 Å². The highest BCUT2D eigenvalue weighted by Gasteiger charge is 2.18. The van der Waals surface area contributed by atoms with Crippen molar-refractivity contribution in [1.82, 2.24) is 0 Å². The Morgan fingerprint density at radius 3 is 2.33 bits per heavy atom. The molecule has 5 N–H and O–H groups in total. The number of hydrogen-bond acceptors (Lipinski definition) is 3. The summed E-state index contributed by atoms with van der Waals surface area (Å²) >= 11 is 0. The maximum atomic E-state index is 8.49. The average molecular weight is 129 g/mol. The molecule has 0 aliphatic rings. The molecule has 5 heteroatoms. The molecule has 0 aromatic heterocycles. The fourth-order valence-electron chi connectivity index (χ4n) is 0.402. The molecule has 0 rings (SSSR count). The Balaban J connectivity index is 4.01. The van der Waals surface area contributed by atoms with Crippen LogP contribution in [0.1, 0.15) is 0 Å². The molecule has 0 aliphatic carbocycles. The summed E-state index contributed by atoms with van der Waals surface area (Å²) in [4.78, 5) is 2.55. The number of nitrogens with two attached hydrogens (primary N) is 1. The molecule has 0 fully saturated rings. The van der Waals surface area contributed by atoms with Crippen molar-refractivity contribution < 1.29 is 15.0 Å². The molecule has 0 radical (unpaired) electrons. The Kier molecular flexibility index (Phi) is 3.74. The van der Waals surface area contributed by atoms with E-state index in [4.69, 9.17) is 15.8 Å². The zero-order chi connectivity index (χ0) is 7.28. The third kappa shape index (κ3) is 2.89. The van der Waals surface area contributed by atoms with E-state index in [-0.39, 0.29) is 5.61 Å². The lowest BCUT2D eigenvalue weighted by molar-refractivity contribution is -0.417. The van der Waals surface area contributed by atoms with E-state index in [0.717, 1.165) is 0 Å². The van der Waals surface area contributed by atoms with Gasteiger partial charge in [0.05, 0.1) is 0 Å². The number of allylic oxidation sites excluding steroid dienone is 1. The van der Waals surface area contributed by atoms with Crippen molar-refractivity contribution in [3.05, 3.63) is 12.3 Å². The van der Waals surface area contributed by atoms with E-state index in [1.165, 1.54) is 12.3 Å². The Morgan fingerprint density at radius 1 is 1.67 bits per heavy atom. The summed E-state index contributed by atoms with van der Waals surface area (Å²) in [6.45, 7) is 0. The van der Waals surface area contributed by atoms with Crippen molar-refractivity contribution in [2.24, 2.45) is 5.73 Å². The Morgan fingerprint density at radius 2 is 2.22 bits per heavy atom. The van der Waals surface area contributed by atoms with Crippen molar-refractivity contribution in [3.63, 3.8) is 0 Å². The molecule has 0 amide bonds. The molecule has 0 bridgehead atoms. The van der Waals surface area contributed by atoms with Gasteiger partial charge in [0.15, 0.2) is 0 Å². The predicted octanol–water partition coefficient (Wildman–Crippen LogP) is -3.38. The average Bonchev–Trinajstić information content (AvgIpc) is 1.82. The first-order chi connectivity index (χ1) is 4.22. The van der Waals surface area contributed by atoms with Crippen LogP contribution in [0.2, 0.25) is 0 Å². The van der Waals surface area contributed by atoms with Crippen LogP contribution >= 0.6 is 0 Å². The molecule has 0 atom stereocenters. The summed E-state index contributed by atoms with van der Waals surface area (Å²) < 4.78 is 0. The summed E-state index contributed by atoms with van der Waals surface area (Å²) in [5.41, 5.74) is 5.25. The van der Waals surface area contributed by atoms with Gasteiger partial charge in [-0.05, 0) is 6.20 Å². The summed E-state index contributed by atoms with van der Waals surface area (Å²) in [6, 6.07) is 0. The van der Waals surface area contributed by atoms with E-state index >= 15 is 0 Å². The predicted molar refractivity (Wildman–Crippen MR) is 35.4 cm³/mol. The first-order valence-corrected chi connectivity index (χ1v) is 2.51. The van der Waals surface area contributed by atoms with Crippen molar-refractivity contribution >= 4 is 12.7 Å². The maximum Gasteiger partial charge on any atom is 0.560 e. The van der Waals surface area contributed by atoms with Gasteiger partial charge < -0.3 is 15.8 Å². The third-order valence-corrected chi connectivity index (χ3v) is 0.843. The quantitative estimate of drug-likeness (QED) is 0.232. The fraction of sp³-hybridized carbons (Fsp3) is 0.250. The summed E-state index contributed by atoms with van der Waals surface area (Å²) in [5.74, 6) is 0. The topological polar surface area (TPSA) is 80.5 Å². The minimum Gasteiger partial charge on any atom is -0.419 e. The Bertz CT molecular complexity index is 133. The maximum absolute atomic E-state index is 8.49. The van der Waals surface area contributed by atoms with Crippen LogP contribution in [0.25, 0.3) is 0 Å². The first-order valence-electron chi connectivity index (χ1n) is 2.51. The zero-order valence-electron chi connectivity index (χ0n) is 5.20. The second kappa shape index (κ2) is 4.11. The van der Waals surface area contributed by atoms with Gasteiger partial charge in [-0.2, -0.15) is 0 Å². The normalized spacial score (nSPS) is 12.6. The van der Waals surface area contributed by atoms with Gasteiger partial charge in [-0.25, -0.2) is 0 Å². The van der Waals surface area contributed by atoms with Crippen LogP contribution < -0.4 is 10.7 Å². The zero-order valence-corrected chi connectivity index (χ0v) is 5.20. The highest BCUT2D eigenvalue weighted by molar-refractivity contribution is 6.80. The van der Waals surface area contributed by atoms with Crippen molar-refractivity contribution in [2.45, 2.75) is 0 Å². The van der Waals surface area contributed by atoms with Crippen molar-refractivity contribution in [2.75, 3.05) is 7.05 Å². The third-order valence-electron chi connectivity index (χ3n) is 0.843. The van der Waals surface area contributed by atoms with Crippen LogP contribution in [0.3, 0.4) is 0 Å². The van der Waals surface area contributed by atoms with Gasteiger partial charge in [0, 0.05) is 6.08 Å². The van der Waals surface area contributed by atoms with Crippen LogP contribution in [-0.4, -0.2) is 29.8 Å². The van der Waals surface area contributed by atoms with Crippen molar-refractivity contribution in [3.8, 4) is 0 Å². The van der Waals surface area contributed by atoms with Gasteiger partial charge in [0.1, 0.15) is 7.05 Å². The van der Waals surface area contributed by atoms with Crippen LogP contribution in [-0.2, 0) is 0 Å². The highest BCUT2D eigenvalue weighted by Crippen LogP contribution is 1.70. The molecule has 0 aliphatic heterocycles. The second-order valence-corrected chi connectivity index (χ2v) is 1.44. The number of rotatable bonds is 2. The largest absolute Gasteiger partial charge is 0.560 e. The number of hydrogen-bond donors (Lipinski definition) is 4. The molecule has 0 unspecified atom stereocenters. The highest BCUT2D eigenvalue weighted by atomic mass is 16.4. The lowest BCUT2D eigenvalue weighted by Crippen LogP contribution is -2.71. The summed E-state index contributed by atoms with van der Waals surface area (Å²) in [7, 11) is 0.101. The second-order valence-electron chi connectivity index (χ2n) is 1.44. The van der Waals surface area contributed by atoms with E-state index in [1.54, 1.807) is 7.05 Å². The van der Waals surface area contributed by atoms with Gasteiger partial charge in [-0.1, -0.05) is 0 Å². The van der Waals surface area contributed by atoms with Gasteiger partial charge in [-0.15, -0.1) is 0 Å². The summed E-state index contributed by atoms with van der Waals surface area (Å²) in [5, 5.41) is 17.0. The Hall–Kier alpha value is -0.805. The van der Waals surface area contributed by atoms with Gasteiger partial charge in [0.2, 0.25) is 5.61 Å². The molecule has 0 aromatic carbocycles. The van der Waals surface area contributed by atoms with Gasteiger partial charge in [0.25, 0.3) is 0 Å². The van der Waals surface area contributed by atoms with E-state index in [9.17, 15) is 0 Å². The number of nitrogens with one attached hydrogen (secondary N) is 1. The van der Waals surface area contributed by atoms with Crippen LogP contribution in [0, 0.1) is 0 Å². The SMILES string of the molecule is C[NH+]=C(/C=C\N)B(O)O. The smallest absolute Gasteiger partial charge is 0.419 e. The molecule has 0 saturated carbocycles. The lowest BCUT2D eigenvalue weighted by atomic mass is 9.83. The standard InChI is InChI=1S/C4H9BN2O2/c1-7-4(2-3-6)5(8)9/h2-3,8-9H,6H2,1H3/p+1/b3-2-,7-4?. The van der Waals surface area contributed by atoms with E-state index in [0.29, 0.717) is 0 Å². The first kappa shape index (κ1) is 8.19. The van der Waals surface area contributed by atoms with E-state index in [1.807, 2.05) is 0 Å². The van der Waals surface area contributed by atoms with Gasteiger partial charge in [-0.3, -0.25) is 4.99 Å². The van der Waals surface area contributed by atoms with E-state index < -0.39 is 7.12 Å². The van der Waals surface area contributed by atoms with Crippen LogP contribution in [0.4, 0.5) is 0 Å². The summed E-state index contributed by atoms with van der Waals surface area (Å²) in [6.07, 6.45) is 2.61. The molecular formula is C4H10BN2O2+. The Labute approximate surface area is 53.9 Å². The molecule has 0 aromatic rings. The minimum absolute atomic E-state index is 0.275. The monoisotopic (exact) mass is 129 g/mol. The molecule has 0 spiro atoms. The molecule has 4 nitrogen and oxygen atoms in total. The fourth-order valence-corrected chi connectivity index (χ4v) is 0.402. The molecule has 0 heterocycles. The molecule has 0 saturated heterocycles. The minimum atomic E-state index is -1.48.